The minimum Gasteiger partial charge on any atom is -0.315 e. The van der Waals surface area contributed by atoms with Gasteiger partial charge in [0.2, 0.25) is 5.91 Å². The van der Waals surface area contributed by atoms with Crippen molar-refractivity contribution in [3.05, 3.63) is 77.0 Å². The number of nitrogens with zero attached hydrogens (tertiary/aromatic N) is 2. The summed E-state index contributed by atoms with van der Waals surface area (Å²) in [7, 11) is 0. The fourth-order valence-corrected chi connectivity index (χ4v) is 4.13. The van der Waals surface area contributed by atoms with E-state index in [1.165, 1.54) is 11.1 Å². The highest BCUT2D eigenvalue weighted by Crippen LogP contribution is 2.32. The summed E-state index contributed by atoms with van der Waals surface area (Å²) in [5, 5.41) is 11.1. The lowest BCUT2D eigenvalue weighted by Gasteiger charge is -2.27. The van der Waals surface area contributed by atoms with E-state index in [4.69, 9.17) is 0 Å². The third-order valence-electron chi connectivity index (χ3n) is 5.50. The number of aromatic nitrogens is 2. The Hall–Kier alpha value is -2.92. The van der Waals surface area contributed by atoms with E-state index in [0.717, 1.165) is 29.9 Å². The van der Waals surface area contributed by atoms with Crippen LogP contribution in [0.25, 0.3) is 5.69 Å². The number of amides is 1. The van der Waals surface area contributed by atoms with Gasteiger partial charge in [0, 0.05) is 18.3 Å². The van der Waals surface area contributed by atoms with Crippen molar-refractivity contribution >= 4 is 11.7 Å². The van der Waals surface area contributed by atoms with E-state index in [1.54, 1.807) is 0 Å². The Morgan fingerprint density at radius 1 is 1.07 bits per heavy atom. The topological polar surface area (TPSA) is 59.0 Å². The molecule has 2 N–H and O–H groups in total. The summed E-state index contributed by atoms with van der Waals surface area (Å²) >= 11 is 0. The Morgan fingerprint density at radius 3 is 2.43 bits per heavy atom. The van der Waals surface area contributed by atoms with Crippen LogP contribution in [0, 0.1) is 20.8 Å². The largest absolute Gasteiger partial charge is 0.315 e. The zero-order chi connectivity index (χ0) is 19.7. The zero-order valence-corrected chi connectivity index (χ0v) is 16.6. The minimum atomic E-state index is -0.557. The molecule has 2 heterocycles. The zero-order valence-electron chi connectivity index (χ0n) is 16.6. The summed E-state index contributed by atoms with van der Waals surface area (Å²) in [6.45, 7) is 7.63. The van der Waals surface area contributed by atoms with Crippen LogP contribution in [-0.4, -0.2) is 28.8 Å². The molecule has 1 atom stereocenters. The van der Waals surface area contributed by atoms with E-state index in [2.05, 4.69) is 47.8 Å². The number of carbonyl (C=O) groups excluding carboxylic acids is 1. The molecule has 1 amide bonds. The summed E-state index contributed by atoms with van der Waals surface area (Å²) in [6, 6.07) is 18.3. The number of benzene rings is 2. The van der Waals surface area contributed by atoms with Crippen LogP contribution >= 0.6 is 0 Å². The lowest BCUT2D eigenvalue weighted by molar-refractivity contribution is -0.121. The fraction of sp³-hybridized carbons (Fsp3) is 0.304. The number of rotatable bonds is 4. The van der Waals surface area contributed by atoms with Gasteiger partial charge in [-0.25, -0.2) is 4.68 Å². The summed E-state index contributed by atoms with van der Waals surface area (Å²) in [5.74, 6) is 0.581. The van der Waals surface area contributed by atoms with E-state index in [1.807, 2.05) is 48.0 Å². The van der Waals surface area contributed by atoms with Gasteiger partial charge in [-0.1, -0.05) is 36.4 Å². The summed E-state index contributed by atoms with van der Waals surface area (Å²) < 4.78 is 1.89. The molecule has 2 aromatic carbocycles. The monoisotopic (exact) mass is 374 g/mol. The van der Waals surface area contributed by atoms with Gasteiger partial charge >= 0.3 is 0 Å². The van der Waals surface area contributed by atoms with E-state index in [0.29, 0.717) is 12.4 Å². The quantitative estimate of drug-likeness (QED) is 0.733. The smallest absolute Gasteiger partial charge is 0.237 e. The van der Waals surface area contributed by atoms with Gasteiger partial charge in [0.25, 0.3) is 0 Å². The Bertz CT molecular complexity index is 980. The van der Waals surface area contributed by atoms with E-state index >= 15 is 0 Å². The Labute approximate surface area is 165 Å². The average Bonchev–Trinajstić information content (AvgIpc) is 3.29. The molecule has 1 aliphatic heterocycles. The number of hydrogen-bond donors (Lipinski definition) is 2. The molecule has 5 nitrogen and oxygen atoms in total. The van der Waals surface area contributed by atoms with Crippen molar-refractivity contribution in [3.63, 3.8) is 0 Å². The Morgan fingerprint density at radius 2 is 1.79 bits per heavy atom. The first-order valence-corrected chi connectivity index (χ1v) is 9.71. The van der Waals surface area contributed by atoms with Gasteiger partial charge < -0.3 is 10.6 Å². The number of aryl methyl sites for hydroxylation is 3. The van der Waals surface area contributed by atoms with E-state index < -0.39 is 5.41 Å². The lowest BCUT2D eigenvalue weighted by atomic mass is 9.79. The van der Waals surface area contributed by atoms with Crippen molar-refractivity contribution in [2.75, 3.05) is 18.4 Å². The third kappa shape index (κ3) is 3.34. The van der Waals surface area contributed by atoms with Crippen molar-refractivity contribution in [2.24, 2.45) is 0 Å². The molecular weight excluding hydrogens is 348 g/mol. The van der Waals surface area contributed by atoms with E-state index in [-0.39, 0.29) is 5.91 Å². The highest BCUT2D eigenvalue weighted by Gasteiger charge is 2.43. The molecule has 5 heteroatoms. The number of nitrogens with one attached hydrogen (secondary N) is 2. The van der Waals surface area contributed by atoms with Crippen molar-refractivity contribution < 1.29 is 4.79 Å². The van der Waals surface area contributed by atoms with Crippen LogP contribution in [0.4, 0.5) is 5.82 Å². The van der Waals surface area contributed by atoms with Crippen molar-refractivity contribution in [1.29, 1.82) is 0 Å². The first-order valence-electron chi connectivity index (χ1n) is 9.71. The van der Waals surface area contributed by atoms with Gasteiger partial charge in [-0.15, -0.1) is 5.10 Å². The SMILES string of the molecule is Cc1cc(C)cc(-n2nc(NC(=O)C3(c4ccccc4)CCNC3)cc2C)c1. The summed E-state index contributed by atoms with van der Waals surface area (Å²) in [5.41, 5.74) is 4.86. The van der Waals surface area contributed by atoms with Gasteiger partial charge in [0.15, 0.2) is 5.82 Å². The van der Waals surface area contributed by atoms with Crippen LogP contribution in [0.3, 0.4) is 0 Å². The number of anilines is 1. The molecule has 4 rings (SSSR count). The highest BCUT2D eigenvalue weighted by atomic mass is 16.2. The van der Waals surface area contributed by atoms with Crippen molar-refractivity contribution in [3.8, 4) is 5.69 Å². The maximum Gasteiger partial charge on any atom is 0.237 e. The molecule has 0 bridgehead atoms. The molecule has 0 radical (unpaired) electrons. The molecule has 144 valence electrons. The Kier molecular flexibility index (Phi) is 4.77. The number of carbonyl (C=O) groups is 1. The first-order chi connectivity index (χ1) is 13.5. The molecular formula is C23H26N4O. The van der Waals surface area contributed by atoms with Gasteiger partial charge in [-0.05, 0) is 62.6 Å². The summed E-state index contributed by atoms with van der Waals surface area (Å²) in [4.78, 5) is 13.3. The molecule has 28 heavy (non-hydrogen) atoms. The standard InChI is InChI=1S/C23H26N4O/c1-16-11-17(2)13-20(12-16)27-18(3)14-21(26-27)25-22(28)23(9-10-24-15-23)19-7-5-4-6-8-19/h4-8,11-14,24H,9-10,15H2,1-3H3,(H,25,26,28). The molecule has 0 saturated carbocycles. The van der Waals surface area contributed by atoms with Crippen LogP contribution < -0.4 is 10.6 Å². The second-order valence-corrected chi connectivity index (χ2v) is 7.76. The predicted molar refractivity (Wildman–Crippen MR) is 112 cm³/mol. The van der Waals surface area contributed by atoms with Gasteiger partial charge in [-0.2, -0.15) is 0 Å². The Balaban J connectivity index is 1.63. The molecule has 0 aliphatic carbocycles. The van der Waals surface area contributed by atoms with Crippen LogP contribution in [0.5, 0.6) is 0 Å². The molecule has 1 saturated heterocycles. The fourth-order valence-electron chi connectivity index (χ4n) is 4.13. The first kappa shape index (κ1) is 18.4. The minimum absolute atomic E-state index is 0.00577. The van der Waals surface area contributed by atoms with Crippen LogP contribution in [0.15, 0.2) is 54.6 Å². The highest BCUT2D eigenvalue weighted by molar-refractivity contribution is 5.99. The second kappa shape index (κ2) is 7.24. The lowest BCUT2D eigenvalue weighted by Crippen LogP contribution is -2.42. The van der Waals surface area contributed by atoms with Crippen molar-refractivity contribution in [2.45, 2.75) is 32.6 Å². The van der Waals surface area contributed by atoms with Gasteiger partial charge in [0.05, 0.1) is 11.1 Å². The van der Waals surface area contributed by atoms with Crippen LogP contribution in [0.2, 0.25) is 0 Å². The third-order valence-corrected chi connectivity index (χ3v) is 5.50. The molecule has 1 fully saturated rings. The molecule has 1 unspecified atom stereocenters. The maximum absolute atomic E-state index is 13.3. The molecule has 1 aliphatic rings. The average molecular weight is 374 g/mol. The van der Waals surface area contributed by atoms with Gasteiger partial charge in [-0.3, -0.25) is 4.79 Å². The molecule has 3 aromatic rings. The summed E-state index contributed by atoms with van der Waals surface area (Å²) in [6.07, 6.45) is 0.777. The van der Waals surface area contributed by atoms with Crippen LogP contribution in [0.1, 0.15) is 28.8 Å². The number of hydrogen-bond acceptors (Lipinski definition) is 3. The van der Waals surface area contributed by atoms with Crippen molar-refractivity contribution in [1.82, 2.24) is 15.1 Å². The normalized spacial score (nSPS) is 19.0. The molecule has 0 spiro atoms. The second-order valence-electron chi connectivity index (χ2n) is 7.76. The van der Waals surface area contributed by atoms with E-state index in [9.17, 15) is 4.79 Å². The van der Waals surface area contributed by atoms with Gasteiger partial charge in [0.1, 0.15) is 0 Å². The maximum atomic E-state index is 13.3. The van der Waals surface area contributed by atoms with Crippen LogP contribution in [-0.2, 0) is 10.2 Å². The molecule has 1 aromatic heterocycles. The predicted octanol–water partition coefficient (Wildman–Crippen LogP) is 3.67.